The van der Waals surface area contributed by atoms with Crippen LogP contribution >= 0.6 is 11.8 Å². The van der Waals surface area contributed by atoms with Crippen LogP contribution in [0.3, 0.4) is 0 Å². The second kappa shape index (κ2) is 15.7. The number of benzene rings is 1. The summed E-state index contributed by atoms with van der Waals surface area (Å²) < 4.78 is 0. The Balaban J connectivity index is 2.11. The number of nitrogens with two attached hydrogens (primary N) is 1. The van der Waals surface area contributed by atoms with Gasteiger partial charge in [-0.1, -0.05) is 26.0 Å². The molecule has 0 bridgehead atoms. The first kappa shape index (κ1) is 31.6. The molecule has 0 radical (unpaired) electrons. The van der Waals surface area contributed by atoms with E-state index in [0.717, 1.165) is 0 Å². The highest BCUT2D eigenvalue weighted by molar-refractivity contribution is 7.98. The van der Waals surface area contributed by atoms with Gasteiger partial charge in [0.05, 0.1) is 12.4 Å². The molecule has 0 fully saturated rings. The van der Waals surface area contributed by atoms with E-state index in [1.54, 1.807) is 18.3 Å². The molecule has 8 N–H and O–H groups in total. The minimum atomic E-state index is -1.25. The number of thioether (sulfide) groups is 1. The number of rotatable bonds is 16. The van der Waals surface area contributed by atoms with Crippen molar-refractivity contribution < 1.29 is 29.4 Å². The maximum Gasteiger partial charge on any atom is 0.326 e. The van der Waals surface area contributed by atoms with Crippen LogP contribution in [-0.2, 0) is 32.0 Å². The summed E-state index contributed by atoms with van der Waals surface area (Å²) in [6.45, 7) is 3.75. The van der Waals surface area contributed by atoms with E-state index in [4.69, 9.17) is 5.73 Å². The second-order valence-electron chi connectivity index (χ2n) is 9.69. The van der Waals surface area contributed by atoms with E-state index in [1.165, 1.54) is 30.2 Å². The fourth-order valence-electron chi connectivity index (χ4n) is 3.82. The number of H-pyrrole nitrogens is 1. The van der Waals surface area contributed by atoms with Crippen molar-refractivity contribution in [3.63, 3.8) is 0 Å². The molecular weight excluding hydrogens is 524 g/mol. The number of nitrogens with one attached hydrogen (secondary N) is 4. The lowest BCUT2D eigenvalue weighted by Gasteiger charge is -2.26. The number of carbonyl (C=O) groups is 4. The molecule has 0 spiro atoms. The van der Waals surface area contributed by atoms with Crippen molar-refractivity contribution in [2.75, 3.05) is 12.0 Å². The highest BCUT2D eigenvalue weighted by Crippen LogP contribution is 2.13. The topological polar surface area (TPSA) is 200 Å². The van der Waals surface area contributed by atoms with E-state index in [2.05, 4.69) is 25.9 Å². The third-order valence-corrected chi connectivity index (χ3v) is 6.55. The average Bonchev–Trinajstić information content (AvgIpc) is 3.39. The lowest BCUT2D eigenvalue weighted by Crippen LogP contribution is -2.57. The molecule has 2 rings (SSSR count). The minimum absolute atomic E-state index is 0.00323. The smallest absolute Gasteiger partial charge is 0.326 e. The molecule has 4 atom stereocenters. The van der Waals surface area contributed by atoms with E-state index >= 15 is 0 Å². The monoisotopic (exact) mass is 562 g/mol. The molecule has 1 aromatic carbocycles. The molecule has 12 nitrogen and oxygen atoms in total. The average molecular weight is 563 g/mol. The van der Waals surface area contributed by atoms with Gasteiger partial charge in [-0.15, -0.1) is 0 Å². The van der Waals surface area contributed by atoms with Gasteiger partial charge >= 0.3 is 5.97 Å². The number of carbonyl (C=O) groups excluding carboxylic acids is 3. The third kappa shape index (κ3) is 11.0. The summed E-state index contributed by atoms with van der Waals surface area (Å²) in [7, 11) is 0. The van der Waals surface area contributed by atoms with Crippen molar-refractivity contribution in [2.24, 2.45) is 11.7 Å². The van der Waals surface area contributed by atoms with Crippen LogP contribution in [0.2, 0.25) is 0 Å². The standard InChI is InChI=1S/C26H38N6O6S/c1-15(2)10-21(25(36)32-22(26(37)38)11-16-4-6-18(33)7-5-16)31-24(35)20(8-9-39-3)30-23(34)19(27)12-17-13-28-14-29-17/h4-7,13-15,19-22,33H,8-12,27H2,1-3H3,(H,28,29)(H,30,34)(H,31,35)(H,32,36)(H,37,38). The Kier molecular flexibility index (Phi) is 12.8. The van der Waals surface area contributed by atoms with Crippen LogP contribution in [0.4, 0.5) is 0 Å². The second-order valence-corrected chi connectivity index (χ2v) is 10.7. The summed E-state index contributed by atoms with van der Waals surface area (Å²) in [5, 5.41) is 27.1. The van der Waals surface area contributed by atoms with E-state index in [1.807, 2.05) is 20.1 Å². The number of imidazole rings is 1. The van der Waals surface area contributed by atoms with Crippen molar-refractivity contribution in [3.8, 4) is 5.75 Å². The predicted molar refractivity (Wildman–Crippen MR) is 148 cm³/mol. The van der Waals surface area contributed by atoms with Crippen molar-refractivity contribution in [3.05, 3.63) is 48.0 Å². The fraction of sp³-hybridized carbons (Fsp3) is 0.500. The van der Waals surface area contributed by atoms with Gasteiger partial charge < -0.3 is 36.9 Å². The van der Waals surface area contributed by atoms with Crippen LogP contribution in [-0.4, -0.2) is 80.0 Å². The van der Waals surface area contributed by atoms with E-state index in [0.29, 0.717) is 23.4 Å². The quantitative estimate of drug-likeness (QED) is 0.153. The molecule has 1 aromatic heterocycles. The van der Waals surface area contributed by atoms with Crippen LogP contribution in [0.1, 0.15) is 37.9 Å². The summed E-state index contributed by atoms with van der Waals surface area (Å²) in [6, 6.07) is 1.88. The number of hydrogen-bond donors (Lipinski definition) is 7. The Labute approximate surface area is 231 Å². The molecule has 39 heavy (non-hydrogen) atoms. The van der Waals surface area contributed by atoms with Gasteiger partial charge in [0.25, 0.3) is 0 Å². The van der Waals surface area contributed by atoms with Gasteiger partial charge in [0.2, 0.25) is 17.7 Å². The number of carboxylic acid groups (broad SMARTS) is 1. The first-order chi connectivity index (χ1) is 18.5. The maximum atomic E-state index is 13.3. The van der Waals surface area contributed by atoms with Gasteiger partial charge in [0, 0.05) is 24.7 Å². The lowest BCUT2D eigenvalue weighted by molar-refractivity contribution is -0.142. The molecule has 0 aliphatic heterocycles. The Morgan fingerprint density at radius 1 is 0.974 bits per heavy atom. The highest BCUT2D eigenvalue weighted by Gasteiger charge is 2.31. The molecule has 2 aromatic rings. The number of amides is 3. The van der Waals surface area contributed by atoms with Gasteiger partial charge in [-0.3, -0.25) is 14.4 Å². The summed E-state index contributed by atoms with van der Waals surface area (Å²) in [5.74, 6) is -2.34. The summed E-state index contributed by atoms with van der Waals surface area (Å²) in [4.78, 5) is 57.8. The van der Waals surface area contributed by atoms with E-state index in [-0.39, 0.29) is 30.9 Å². The molecule has 13 heteroatoms. The summed E-state index contributed by atoms with van der Waals surface area (Å²) in [5.41, 5.74) is 7.31. The number of carboxylic acids is 1. The number of aliphatic carboxylic acids is 1. The van der Waals surface area contributed by atoms with Gasteiger partial charge in [0.15, 0.2) is 0 Å². The maximum absolute atomic E-state index is 13.3. The Morgan fingerprint density at radius 2 is 1.59 bits per heavy atom. The van der Waals surface area contributed by atoms with Gasteiger partial charge in [-0.2, -0.15) is 11.8 Å². The van der Waals surface area contributed by atoms with Crippen molar-refractivity contribution in [1.82, 2.24) is 25.9 Å². The normalized spacial score (nSPS) is 14.2. The molecular formula is C26H38N6O6S. The summed E-state index contributed by atoms with van der Waals surface area (Å²) >= 11 is 1.50. The first-order valence-corrected chi connectivity index (χ1v) is 14.0. The minimum Gasteiger partial charge on any atom is -0.508 e. The molecule has 4 unspecified atom stereocenters. The fourth-order valence-corrected chi connectivity index (χ4v) is 4.30. The Hall–Kier alpha value is -3.58. The molecule has 0 saturated heterocycles. The number of nitrogens with zero attached hydrogens (tertiary/aromatic N) is 1. The van der Waals surface area contributed by atoms with Gasteiger partial charge in [0.1, 0.15) is 23.9 Å². The zero-order valence-corrected chi connectivity index (χ0v) is 23.2. The number of aromatic hydroxyl groups is 1. The summed E-state index contributed by atoms with van der Waals surface area (Å²) in [6.07, 6.45) is 5.68. The van der Waals surface area contributed by atoms with Crippen LogP contribution in [0.15, 0.2) is 36.8 Å². The number of aromatic amines is 1. The van der Waals surface area contributed by atoms with Crippen LogP contribution in [0, 0.1) is 5.92 Å². The molecule has 214 valence electrons. The highest BCUT2D eigenvalue weighted by atomic mass is 32.2. The van der Waals surface area contributed by atoms with Gasteiger partial charge in [-0.05, 0) is 48.5 Å². The Morgan fingerprint density at radius 3 is 2.15 bits per heavy atom. The van der Waals surface area contributed by atoms with Crippen LogP contribution < -0.4 is 21.7 Å². The van der Waals surface area contributed by atoms with Crippen molar-refractivity contribution in [2.45, 2.75) is 63.7 Å². The number of phenols is 1. The SMILES string of the molecule is CSCCC(NC(=O)C(N)Cc1cnc[nH]1)C(=O)NC(CC(C)C)C(=O)NC(Cc1ccc(O)cc1)C(=O)O. The van der Waals surface area contributed by atoms with Crippen molar-refractivity contribution in [1.29, 1.82) is 0 Å². The first-order valence-electron chi connectivity index (χ1n) is 12.6. The molecule has 3 amide bonds. The van der Waals surface area contributed by atoms with Crippen molar-refractivity contribution >= 4 is 35.5 Å². The van der Waals surface area contributed by atoms with Gasteiger partial charge in [-0.25, -0.2) is 9.78 Å². The zero-order chi connectivity index (χ0) is 28.9. The largest absolute Gasteiger partial charge is 0.508 e. The molecule has 1 heterocycles. The number of hydrogen-bond acceptors (Lipinski definition) is 8. The van der Waals surface area contributed by atoms with E-state index in [9.17, 15) is 29.4 Å². The predicted octanol–water partition coefficient (Wildman–Crippen LogP) is 0.566. The van der Waals surface area contributed by atoms with E-state index < -0.39 is 47.9 Å². The lowest BCUT2D eigenvalue weighted by atomic mass is 10.0. The third-order valence-electron chi connectivity index (χ3n) is 5.91. The van der Waals surface area contributed by atoms with Crippen LogP contribution in [0.25, 0.3) is 0 Å². The molecule has 0 saturated carbocycles. The Bertz CT molecular complexity index is 1080. The molecule has 0 aliphatic rings. The number of phenolic OH excluding ortho intramolecular Hbond substituents is 1. The van der Waals surface area contributed by atoms with Crippen LogP contribution in [0.5, 0.6) is 5.75 Å². The molecule has 0 aliphatic carbocycles. The zero-order valence-electron chi connectivity index (χ0n) is 22.3. The number of aromatic nitrogens is 2.